The fraction of sp³-hybridized carbons (Fsp3) is 0.130. The van der Waals surface area contributed by atoms with Crippen molar-refractivity contribution in [1.29, 1.82) is 0 Å². The molecule has 0 heterocycles. The fourth-order valence-corrected chi connectivity index (χ4v) is 3.16. The lowest BCUT2D eigenvalue weighted by molar-refractivity contribution is -0.122. The van der Waals surface area contributed by atoms with Crippen LogP contribution < -0.4 is 15.4 Å². The number of halogens is 2. The summed E-state index contributed by atoms with van der Waals surface area (Å²) in [5, 5.41) is 6.06. The molecule has 0 aliphatic rings. The number of aryl methyl sites for hydroxylation is 1. The smallest absolute Gasteiger partial charge is 0.265 e. The third kappa shape index (κ3) is 5.62. The minimum absolute atomic E-state index is 0.214. The predicted molar refractivity (Wildman–Crippen MR) is 123 cm³/mol. The highest BCUT2D eigenvalue weighted by molar-refractivity contribution is 9.10. The van der Waals surface area contributed by atoms with Crippen LogP contribution in [0.2, 0.25) is 5.02 Å². The van der Waals surface area contributed by atoms with Crippen molar-refractivity contribution in [3.63, 3.8) is 0 Å². The molecule has 154 valence electrons. The zero-order valence-electron chi connectivity index (χ0n) is 16.4. The van der Waals surface area contributed by atoms with Crippen molar-refractivity contribution >= 4 is 50.7 Å². The van der Waals surface area contributed by atoms with E-state index in [0.717, 1.165) is 10.0 Å². The van der Waals surface area contributed by atoms with Crippen LogP contribution in [0.4, 0.5) is 11.4 Å². The van der Waals surface area contributed by atoms with Crippen LogP contribution in [0.5, 0.6) is 5.75 Å². The molecule has 1 unspecified atom stereocenters. The molecular formula is C23H20BrClN2O3. The molecule has 0 spiro atoms. The molecule has 0 radical (unpaired) electrons. The van der Waals surface area contributed by atoms with E-state index in [0.29, 0.717) is 27.7 Å². The van der Waals surface area contributed by atoms with Gasteiger partial charge in [-0.3, -0.25) is 9.59 Å². The molecule has 0 saturated carbocycles. The van der Waals surface area contributed by atoms with Crippen LogP contribution >= 0.6 is 27.5 Å². The molecule has 0 bridgehead atoms. The standard InChI is InChI=1S/C23H20BrClN2O3/c1-14-7-8-16(13-19(14)24)23(29)27-18-11-9-17(10-12-18)26-22(28)15(2)30-21-6-4-3-5-20(21)25/h3-13,15H,1-2H3,(H,26,28)(H,27,29). The Hall–Kier alpha value is -2.83. The Bertz CT molecular complexity index is 1070. The summed E-state index contributed by atoms with van der Waals surface area (Å²) in [6.45, 7) is 3.60. The largest absolute Gasteiger partial charge is 0.479 e. The van der Waals surface area contributed by atoms with Gasteiger partial charge in [0.1, 0.15) is 5.75 Å². The molecule has 1 atom stereocenters. The molecule has 3 aromatic rings. The Kier molecular flexibility index (Phi) is 7.13. The van der Waals surface area contributed by atoms with Crippen LogP contribution in [-0.2, 0) is 4.79 Å². The van der Waals surface area contributed by atoms with Gasteiger partial charge in [0.2, 0.25) is 0 Å². The summed E-state index contributed by atoms with van der Waals surface area (Å²) in [6.07, 6.45) is -0.732. The molecule has 0 saturated heterocycles. The van der Waals surface area contributed by atoms with E-state index in [4.69, 9.17) is 16.3 Å². The number of hydrogen-bond acceptors (Lipinski definition) is 3. The minimum Gasteiger partial charge on any atom is -0.479 e. The molecule has 2 amide bonds. The number of ether oxygens (including phenoxy) is 1. The Morgan fingerprint density at radius 3 is 2.23 bits per heavy atom. The van der Waals surface area contributed by atoms with Crippen molar-refractivity contribution < 1.29 is 14.3 Å². The second-order valence-corrected chi connectivity index (χ2v) is 7.94. The van der Waals surface area contributed by atoms with Crippen LogP contribution in [-0.4, -0.2) is 17.9 Å². The summed E-state index contributed by atoms with van der Waals surface area (Å²) < 4.78 is 6.49. The Morgan fingerprint density at radius 1 is 0.967 bits per heavy atom. The Morgan fingerprint density at radius 2 is 1.60 bits per heavy atom. The average Bonchev–Trinajstić information content (AvgIpc) is 2.73. The number of benzene rings is 3. The number of amides is 2. The van der Waals surface area contributed by atoms with E-state index in [1.165, 1.54) is 0 Å². The van der Waals surface area contributed by atoms with E-state index in [-0.39, 0.29) is 11.8 Å². The van der Waals surface area contributed by atoms with Crippen molar-refractivity contribution in [3.05, 3.63) is 87.4 Å². The van der Waals surface area contributed by atoms with Gasteiger partial charge in [0.25, 0.3) is 11.8 Å². The normalized spacial score (nSPS) is 11.5. The highest BCUT2D eigenvalue weighted by Crippen LogP contribution is 2.24. The first kappa shape index (κ1) is 21.9. The number of anilines is 2. The summed E-state index contributed by atoms with van der Waals surface area (Å²) >= 11 is 9.49. The summed E-state index contributed by atoms with van der Waals surface area (Å²) in [4.78, 5) is 24.8. The monoisotopic (exact) mass is 486 g/mol. The third-order valence-corrected chi connectivity index (χ3v) is 5.52. The molecule has 0 aliphatic carbocycles. The maximum atomic E-state index is 12.4. The van der Waals surface area contributed by atoms with E-state index < -0.39 is 6.10 Å². The van der Waals surface area contributed by atoms with Gasteiger partial charge in [-0.05, 0) is 67.9 Å². The van der Waals surface area contributed by atoms with Crippen molar-refractivity contribution in [2.45, 2.75) is 20.0 Å². The van der Waals surface area contributed by atoms with E-state index in [9.17, 15) is 9.59 Å². The Balaban J connectivity index is 1.58. The van der Waals surface area contributed by atoms with Gasteiger partial charge in [0.05, 0.1) is 5.02 Å². The molecule has 0 aliphatic heterocycles. The maximum Gasteiger partial charge on any atom is 0.265 e. The minimum atomic E-state index is -0.732. The van der Waals surface area contributed by atoms with Gasteiger partial charge in [-0.2, -0.15) is 0 Å². The number of rotatable bonds is 6. The number of carbonyl (C=O) groups is 2. The van der Waals surface area contributed by atoms with E-state index in [2.05, 4.69) is 26.6 Å². The van der Waals surface area contributed by atoms with Gasteiger partial charge in [-0.1, -0.05) is 45.7 Å². The second kappa shape index (κ2) is 9.78. The topological polar surface area (TPSA) is 67.4 Å². The van der Waals surface area contributed by atoms with Crippen LogP contribution in [0.15, 0.2) is 71.2 Å². The number of hydrogen-bond donors (Lipinski definition) is 2. The quantitative estimate of drug-likeness (QED) is 0.443. The van der Waals surface area contributed by atoms with E-state index in [1.54, 1.807) is 67.6 Å². The highest BCUT2D eigenvalue weighted by atomic mass is 79.9. The van der Waals surface area contributed by atoms with Crippen LogP contribution in [0.3, 0.4) is 0 Å². The zero-order chi connectivity index (χ0) is 21.7. The lowest BCUT2D eigenvalue weighted by Gasteiger charge is -2.15. The first-order valence-electron chi connectivity index (χ1n) is 9.23. The SMILES string of the molecule is Cc1ccc(C(=O)Nc2ccc(NC(=O)C(C)Oc3ccccc3Cl)cc2)cc1Br. The highest BCUT2D eigenvalue weighted by Gasteiger charge is 2.16. The molecule has 0 aromatic heterocycles. The van der Waals surface area contributed by atoms with Gasteiger partial charge in [0.15, 0.2) is 6.10 Å². The van der Waals surface area contributed by atoms with Crippen molar-refractivity contribution in [3.8, 4) is 5.75 Å². The summed E-state index contributed by atoms with van der Waals surface area (Å²) in [7, 11) is 0. The summed E-state index contributed by atoms with van der Waals surface area (Å²) in [6, 6.07) is 19.3. The van der Waals surface area contributed by atoms with Crippen LogP contribution in [0.1, 0.15) is 22.8 Å². The first-order chi connectivity index (χ1) is 14.3. The van der Waals surface area contributed by atoms with Gasteiger partial charge in [-0.25, -0.2) is 0 Å². The summed E-state index contributed by atoms with van der Waals surface area (Å²) in [5.74, 6) is -0.0759. The van der Waals surface area contributed by atoms with Gasteiger partial charge in [0, 0.05) is 21.4 Å². The number of para-hydroxylation sites is 1. The number of carbonyl (C=O) groups excluding carboxylic acids is 2. The molecule has 30 heavy (non-hydrogen) atoms. The molecule has 2 N–H and O–H groups in total. The number of nitrogens with one attached hydrogen (secondary N) is 2. The van der Waals surface area contributed by atoms with Crippen molar-refractivity contribution in [1.82, 2.24) is 0 Å². The van der Waals surface area contributed by atoms with E-state index >= 15 is 0 Å². The van der Waals surface area contributed by atoms with Gasteiger partial charge < -0.3 is 15.4 Å². The van der Waals surface area contributed by atoms with Gasteiger partial charge >= 0.3 is 0 Å². The van der Waals surface area contributed by atoms with Crippen molar-refractivity contribution in [2.75, 3.05) is 10.6 Å². The molecule has 0 fully saturated rings. The molecule has 7 heteroatoms. The molecule has 3 rings (SSSR count). The third-order valence-electron chi connectivity index (χ3n) is 4.35. The molecular weight excluding hydrogens is 468 g/mol. The first-order valence-corrected chi connectivity index (χ1v) is 10.4. The molecule has 5 nitrogen and oxygen atoms in total. The predicted octanol–water partition coefficient (Wildman–Crippen LogP) is 6.07. The van der Waals surface area contributed by atoms with Crippen molar-refractivity contribution in [2.24, 2.45) is 0 Å². The van der Waals surface area contributed by atoms with E-state index in [1.807, 2.05) is 13.0 Å². The average molecular weight is 488 g/mol. The van der Waals surface area contributed by atoms with Gasteiger partial charge in [-0.15, -0.1) is 0 Å². The Labute approximate surface area is 188 Å². The van der Waals surface area contributed by atoms with Crippen LogP contribution in [0.25, 0.3) is 0 Å². The lowest BCUT2D eigenvalue weighted by atomic mass is 10.1. The lowest BCUT2D eigenvalue weighted by Crippen LogP contribution is -2.30. The fourth-order valence-electron chi connectivity index (χ4n) is 2.60. The second-order valence-electron chi connectivity index (χ2n) is 6.68. The van der Waals surface area contributed by atoms with Crippen LogP contribution in [0, 0.1) is 6.92 Å². The zero-order valence-corrected chi connectivity index (χ0v) is 18.8. The molecule has 3 aromatic carbocycles. The maximum absolute atomic E-state index is 12.4. The summed E-state index contributed by atoms with van der Waals surface area (Å²) in [5.41, 5.74) is 2.82.